The molecule has 1 atom stereocenters. The van der Waals surface area contributed by atoms with Crippen LogP contribution < -0.4 is 0 Å². The lowest BCUT2D eigenvalue weighted by Crippen LogP contribution is -2.00. The first kappa shape index (κ1) is 10.0. The van der Waals surface area contributed by atoms with Crippen LogP contribution in [0.1, 0.15) is 0 Å². The van der Waals surface area contributed by atoms with Gasteiger partial charge in [-0.25, -0.2) is 8.89 Å². The Kier molecular flexibility index (Phi) is 2.61. The molecule has 2 rings (SSSR count). The van der Waals surface area contributed by atoms with Gasteiger partial charge in [0.2, 0.25) is 5.95 Å². The van der Waals surface area contributed by atoms with Gasteiger partial charge in [0.1, 0.15) is 4.90 Å². The van der Waals surface area contributed by atoms with Crippen LogP contribution in [0.4, 0.5) is 4.39 Å². The molecule has 0 spiro atoms. The third-order valence-corrected chi connectivity index (χ3v) is 2.52. The van der Waals surface area contributed by atoms with Gasteiger partial charge in [-0.3, -0.25) is 0 Å². The highest BCUT2D eigenvalue weighted by molar-refractivity contribution is 7.79. The summed E-state index contributed by atoms with van der Waals surface area (Å²) in [5, 5.41) is 3.70. The predicted octanol–water partition coefficient (Wildman–Crippen LogP) is 1.59. The Bertz CT molecular complexity index is 498. The van der Waals surface area contributed by atoms with E-state index >= 15 is 0 Å². The third kappa shape index (κ3) is 1.81. The van der Waals surface area contributed by atoms with Crippen molar-refractivity contribution in [2.75, 3.05) is 0 Å². The van der Waals surface area contributed by atoms with E-state index in [1.165, 1.54) is 0 Å². The molecule has 0 radical (unpaired) electrons. The van der Waals surface area contributed by atoms with E-state index in [0.717, 1.165) is 10.9 Å². The normalized spacial score (nSPS) is 12.7. The fourth-order valence-electron chi connectivity index (χ4n) is 1.18. The molecule has 1 heterocycles. The molecule has 1 N–H and O–H groups in total. The van der Waals surface area contributed by atoms with E-state index in [4.69, 9.17) is 4.55 Å². The van der Waals surface area contributed by atoms with Gasteiger partial charge >= 0.3 is 0 Å². The molecule has 0 fully saturated rings. The molecule has 78 valence electrons. The maximum Gasteiger partial charge on any atom is 0.234 e. The van der Waals surface area contributed by atoms with E-state index in [9.17, 15) is 8.60 Å². The standard InChI is InChI=1S/C9H7FN2O2S/c10-9-8(15(13)14)6-11-12(9)7-4-2-1-3-5-7/h1-6H,(H,13,14). The number of hydrogen-bond donors (Lipinski definition) is 1. The van der Waals surface area contributed by atoms with E-state index in [0.29, 0.717) is 5.69 Å². The molecule has 2 aromatic rings. The second-order valence-electron chi connectivity index (χ2n) is 2.80. The predicted molar refractivity (Wildman–Crippen MR) is 52.6 cm³/mol. The van der Waals surface area contributed by atoms with Crippen molar-refractivity contribution in [2.24, 2.45) is 0 Å². The van der Waals surface area contributed by atoms with Crippen molar-refractivity contribution < 1.29 is 13.2 Å². The van der Waals surface area contributed by atoms with Gasteiger partial charge in [0.15, 0.2) is 11.1 Å². The molecule has 1 aromatic heterocycles. The zero-order valence-electron chi connectivity index (χ0n) is 7.50. The van der Waals surface area contributed by atoms with Crippen LogP contribution in [0.15, 0.2) is 41.4 Å². The molecule has 0 aliphatic rings. The van der Waals surface area contributed by atoms with Gasteiger partial charge in [0.25, 0.3) is 0 Å². The van der Waals surface area contributed by atoms with Crippen LogP contribution in [0.5, 0.6) is 0 Å². The Morgan fingerprint density at radius 1 is 1.33 bits per heavy atom. The molecule has 1 unspecified atom stereocenters. The molecule has 0 bridgehead atoms. The highest BCUT2D eigenvalue weighted by atomic mass is 32.2. The zero-order chi connectivity index (χ0) is 10.8. The zero-order valence-corrected chi connectivity index (χ0v) is 8.32. The first-order chi connectivity index (χ1) is 7.20. The summed E-state index contributed by atoms with van der Waals surface area (Å²) in [6, 6.07) is 8.55. The van der Waals surface area contributed by atoms with E-state index < -0.39 is 17.0 Å². The monoisotopic (exact) mass is 226 g/mol. The van der Waals surface area contributed by atoms with Gasteiger partial charge in [0.05, 0.1) is 11.9 Å². The Hall–Kier alpha value is -1.53. The number of benzene rings is 1. The average Bonchev–Trinajstić information content (AvgIpc) is 2.61. The second kappa shape index (κ2) is 3.92. The lowest BCUT2D eigenvalue weighted by molar-refractivity contribution is 0.504. The number of nitrogens with zero attached hydrogens (tertiary/aromatic N) is 2. The van der Waals surface area contributed by atoms with E-state index in [2.05, 4.69) is 5.10 Å². The SMILES string of the molecule is O=S(O)c1cnn(-c2ccccc2)c1F. The fraction of sp³-hybridized carbons (Fsp3) is 0. The van der Waals surface area contributed by atoms with Crippen LogP contribution in [0.2, 0.25) is 0 Å². The van der Waals surface area contributed by atoms with Gasteiger partial charge < -0.3 is 4.55 Å². The van der Waals surface area contributed by atoms with Crippen LogP contribution in [0.25, 0.3) is 5.69 Å². The van der Waals surface area contributed by atoms with Crippen LogP contribution in [0, 0.1) is 5.95 Å². The number of aromatic nitrogens is 2. The van der Waals surface area contributed by atoms with Gasteiger partial charge in [-0.15, -0.1) is 0 Å². The minimum Gasteiger partial charge on any atom is -0.302 e. The lowest BCUT2D eigenvalue weighted by Gasteiger charge is -2.00. The molecule has 4 nitrogen and oxygen atoms in total. The summed E-state index contributed by atoms with van der Waals surface area (Å²) in [5.74, 6) is -0.818. The summed E-state index contributed by atoms with van der Waals surface area (Å²) in [5.41, 5.74) is 0.506. The highest BCUT2D eigenvalue weighted by Crippen LogP contribution is 2.14. The molecule has 0 amide bonds. The minimum absolute atomic E-state index is 0.321. The van der Waals surface area contributed by atoms with E-state index in [-0.39, 0.29) is 4.90 Å². The van der Waals surface area contributed by atoms with Gasteiger partial charge in [-0.1, -0.05) is 18.2 Å². The maximum atomic E-state index is 13.5. The molecule has 1 aromatic carbocycles. The Morgan fingerprint density at radius 3 is 2.53 bits per heavy atom. The smallest absolute Gasteiger partial charge is 0.234 e. The van der Waals surface area contributed by atoms with Crippen LogP contribution in [0.3, 0.4) is 0 Å². The molecule has 0 aliphatic heterocycles. The molecule has 0 aliphatic carbocycles. The van der Waals surface area contributed by atoms with Crippen molar-refractivity contribution in [1.29, 1.82) is 0 Å². The van der Waals surface area contributed by atoms with E-state index in [1.54, 1.807) is 30.3 Å². The first-order valence-electron chi connectivity index (χ1n) is 4.10. The molecular formula is C9H7FN2O2S. The summed E-state index contributed by atoms with van der Waals surface area (Å²) < 4.78 is 33.9. The summed E-state index contributed by atoms with van der Waals surface area (Å²) in [4.78, 5) is -0.321. The maximum absolute atomic E-state index is 13.5. The number of para-hydroxylation sites is 1. The van der Waals surface area contributed by atoms with Crippen molar-refractivity contribution in [1.82, 2.24) is 9.78 Å². The summed E-state index contributed by atoms with van der Waals surface area (Å²) in [6.45, 7) is 0. The van der Waals surface area contributed by atoms with Crippen molar-refractivity contribution >= 4 is 11.1 Å². The second-order valence-corrected chi connectivity index (χ2v) is 3.73. The Morgan fingerprint density at radius 2 is 2.00 bits per heavy atom. The molecule has 0 saturated heterocycles. The lowest BCUT2D eigenvalue weighted by atomic mass is 10.3. The largest absolute Gasteiger partial charge is 0.302 e. The van der Waals surface area contributed by atoms with Crippen LogP contribution in [-0.2, 0) is 11.1 Å². The molecular weight excluding hydrogens is 219 g/mol. The third-order valence-electron chi connectivity index (χ3n) is 1.87. The summed E-state index contributed by atoms with van der Waals surface area (Å²) in [6.07, 6.45) is 1.04. The molecule has 0 saturated carbocycles. The topological polar surface area (TPSA) is 55.1 Å². The van der Waals surface area contributed by atoms with Crippen molar-refractivity contribution in [3.63, 3.8) is 0 Å². The average molecular weight is 226 g/mol. The summed E-state index contributed by atoms with van der Waals surface area (Å²) >= 11 is -2.35. The molecule has 15 heavy (non-hydrogen) atoms. The number of hydrogen-bond acceptors (Lipinski definition) is 2. The number of halogens is 1. The van der Waals surface area contributed by atoms with Crippen molar-refractivity contribution in [3.05, 3.63) is 42.5 Å². The highest BCUT2D eigenvalue weighted by Gasteiger charge is 2.15. The van der Waals surface area contributed by atoms with Gasteiger partial charge in [-0.05, 0) is 12.1 Å². The minimum atomic E-state index is -2.35. The van der Waals surface area contributed by atoms with Gasteiger partial charge in [0, 0.05) is 0 Å². The van der Waals surface area contributed by atoms with Crippen LogP contribution >= 0.6 is 0 Å². The fourth-order valence-corrected chi connectivity index (χ4v) is 1.55. The van der Waals surface area contributed by atoms with E-state index in [1.807, 2.05) is 0 Å². The van der Waals surface area contributed by atoms with Crippen LogP contribution in [-0.4, -0.2) is 18.5 Å². The Labute approximate surface area is 87.6 Å². The molecule has 6 heteroatoms. The first-order valence-corrected chi connectivity index (χ1v) is 5.20. The van der Waals surface area contributed by atoms with Gasteiger partial charge in [-0.2, -0.15) is 9.49 Å². The number of rotatable bonds is 2. The van der Waals surface area contributed by atoms with Crippen molar-refractivity contribution in [3.8, 4) is 5.69 Å². The summed E-state index contributed by atoms with van der Waals surface area (Å²) in [7, 11) is 0. The quantitative estimate of drug-likeness (QED) is 0.791. The van der Waals surface area contributed by atoms with Crippen molar-refractivity contribution in [2.45, 2.75) is 4.90 Å². The Balaban J connectivity index is 2.52.